The second kappa shape index (κ2) is 6.84. The molecular formula is C18H9ClF6N2. The fourth-order valence-electron chi connectivity index (χ4n) is 2.38. The van der Waals surface area contributed by atoms with Gasteiger partial charge in [-0.1, -0.05) is 23.7 Å². The van der Waals surface area contributed by atoms with Crippen LogP contribution in [-0.2, 0) is 12.4 Å². The number of hydrogen-bond acceptors (Lipinski definition) is 2. The van der Waals surface area contributed by atoms with E-state index < -0.39 is 23.5 Å². The molecule has 0 atom stereocenters. The molecule has 3 rings (SSSR count). The minimum absolute atomic E-state index is 0.0241. The highest BCUT2D eigenvalue weighted by molar-refractivity contribution is 6.29. The molecule has 0 aliphatic heterocycles. The van der Waals surface area contributed by atoms with E-state index in [1.165, 1.54) is 18.3 Å². The predicted octanol–water partition coefficient (Wildman–Crippen LogP) is 6.50. The zero-order chi connectivity index (χ0) is 19.8. The fraction of sp³-hybridized carbons (Fsp3) is 0.111. The van der Waals surface area contributed by atoms with Gasteiger partial charge in [0.25, 0.3) is 0 Å². The Morgan fingerprint density at radius 1 is 0.667 bits per heavy atom. The van der Waals surface area contributed by atoms with Crippen molar-refractivity contribution < 1.29 is 26.3 Å². The van der Waals surface area contributed by atoms with Crippen LogP contribution >= 0.6 is 11.6 Å². The molecule has 0 fully saturated rings. The molecule has 2 heterocycles. The molecule has 0 spiro atoms. The smallest absolute Gasteiger partial charge is 0.248 e. The van der Waals surface area contributed by atoms with Gasteiger partial charge in [0.1, 0.15) is 5.15 Å². The van der Waals surface area contributed by atoms with Gasteiger partial charge in [0.15, 0.2) is 0 Å². The molecule has 0 unspecified atom stereocenters. The van der Waals surface area contributed by atoms with E-state index in [-0.39, 0.29) is 22.1 Å². The van der Waals surface area contributed by atoms with Crippen molar-refractivity contribution in [2.75, 3.05) is 0 Å². The van der Waals surface area contributed by atoms with E-state index in [1.54, 1.807) is 0 Å². The third kappa shape index (κ3) is 4.39. The summed E-state index contributed by atoms with van der Waals surface area (Å²) in [5.74, 6) is 0. The van der Waals surface area contributed by atoms with Gasteiger partial charge in [-0.2, -0.15) is 26.3 Å². The van der Waals surface area contributed by atoms with Gasteiger partial charge >= 0.3 is 12.4 Å². The number of hydrogen-bond donors (Lipinski definition) is 0. The summed E-state index contributed by atoms with van der Waals surface area (Å²) in [4.78, 5) is 7.91. The molecule has 27 heavy (non-hydrogen) atoms. The van der Waals surface area contributed by atoms with Crippen LogP contribution in [0.25, 0.3) is 22.5 Å². The monoisotopic (exact) mass is 402 g/mol. The second-order valence-electron chi connectivity index (χ2n) is 5.57. The van der Waals surface area contributed by atoms with Gasteiger partial charge in [-0.05, 0) is 36.4 Å². The summed E-state index contributed by atoms with van der Waals surface area (Å²) in [6.45, 7) is 0. The topological polar surface area (TPSA) is 25.8 Å². The van der Waals surface area contributed by atoms with Gasteiger partial charge in [-0.25, -0.2) is 9.97 Å². The Hall–Kier alpha value is -2.61. The van der Waals surface area contributed by atoms with Gasteiger partial charge < -0.3 is 0 Å². The van der Waals surface area contributed by atoms with Gasteiger partial charge in [-0.3, -0.25) is 0 Å². The van der Waals surface area contributed by atoms with Crippen LogP contribution in [-0.4, -0.2) is 9.97 Å². The lowest BCUT2D eigenvalue weighted by Crippen LogP contribution is -2.07. The van der Waals surface area contributed by atoms with Crippen molar-refractivity contribution in [1.29, 1.82) is 0 Å². The summed E-state index contributed by atoms with van der Waals surface area (Å²) in [5, 5.41) is 0.0720. The number of nitrogens with zero attached hydrogens (tertiary/aromatic N) is 2. The second-order valence-corrected chi connectivity index (χ2v) is 5.95. The Morgan fingerprint density at radius 2 is 1.22 bits per heavy atom. The van der Waals surface area contributed by atoms with Crippen molar-refractivity contribution >= 4 is 11.6 Å². The molecule has 0 saturated heterocycles. The molecule has 3 aromatic rings. The van der Waals surface area contributed by atoms with E-state index in [9.17, 15) is 26.3 Å². The molecule has 0 aliphatic carbocycles. The summed E-state index contributed by atoms with van der Waals surface area (Å²) >= 11 is 5.77. The third-order valence-electron chi connectivity index (χ3n) is 3.68. The number of alkyl halides is 6. The van der Waals surface area contributed by atoms with Crippen molar-refractivity contribution in [2.24, 2.45) is 0 Å². The quantitative estimate of drug-likeness (QED) is 0.361. The molecule has 0 aliphatic rings. The Labute approximate surface area is 154 Å². The Morgan fingerprint density at radius 3 is 1.74 bits per heavy atom. The summed E-state index contributed by atoms with van der Waals surface area (Å²) in [6.07, 6.45) is -7.88. The molecule has 0 amide bonds. The average Bonchev–Trinajstić information content (AvgIpc) is 2.60. The molecule has 2 aromatic heterocycles. The number of rotatable bonds is 2. The summed E-state index contributed by atoms with van der Waals surface area (Å²) in [7, 11) is 0. The minimum Gasteiger partial charge on any atom is -0.248 e. The van der Waals surface area contributed by atoms with Gasteiger partial charge in [0.2, 0.25) is 0 Å². The average molecular weight is 403 g/mol. The SMILES string of the molecule is FC(F)(F)c1ccc(-c2cc(C(F)(F)F)cc(-c3ccnc(Cl)c3)n2)cc1. The van der Waals surface area contributed by atoms with Crippen LogP contribution in [0.4, 0.5) is 26.3 Å². The van der Waals surface area contributed by atoms with Crippen LogP contribution in [0.15, 0.2) is 54.7 Å². The Bertz CT molecular complexity index is 965. The standard InChI is InChI=1S/C18H9ClF6N2/c19-16-7-11(5-6-26-16)15-9-13(18(23,24)25)8-14(27-15)10-1-3-12(4-2-10)17(20,21)22/h1-9H. The molecule has 0 radical (unpaired) electrons. The number of pyridine rings is 2. The predicted molar refractivity (Wildman–Crippen MR) is 87.9 cm³/mol. The van der Waals surface area contributed by atoms with E-state index in [2.05, 4.69) is 9.97 Å². The summed E-state index contributed by atoms with van der Waals surface area (Å²) < 4.78 is 77.8. The maximum Gasteiger partial charge on any atom is 0.416 e. The van der Waals surface area contributed by atoms with Crippen molar-refractivity contribution in [3.8, 4) is 22.5 Å². The molecule has 1 aromatic carbocycles. The fourth-order valence-corrected chi connectivity index (χ4v) is 2.56. The maximum absolute atomic E-state index is 13.3. The van der Waals surface area contributed by atoms with E-state index >= 15 is 0 Å². The van der Waals surface area contributed by atoms with E-state index in [0.29, 0.717) is 5.56 Å². The van der Waals surface area contributed by atoms with Gasteiger partial charge in [0.05, 0.1) is 22.5 Å². The zero-order valence-corrected chi connectivity index (χ0v) is 14.0. The third-order valence-corrected chi connectivity index (χ3v) is 3.89. The highest BCUT2D eigenvalue weighted by atomic mass is 35.5. The summed E-state index contributed by atoms with van der Waals surface area (Å²) in [5.41, 5.74) is -1.59. The van der Waals surface area contributed by atoms with Crippen LogP contribution in [0.1, 0.15) is 11.1 Å². The lowest BCUT2D eigenvalue weighted by molar-refractivity contribution is -0.138. The van der Waals surface area contributed by atoms with Crippen molar-refractivity contribution in [1.82, 2.24) is 9.97 Å². The van der Waals surface area contributed by atoms with Crippen LogP contribution in [0.3, 0.4) is 0 Å². The Kier molecular flexibility index (Phi) is 4.86. The van der Waals surface area contributed by atoms with Crippen molar-refractivity contribution in [3.63, 3.8) is 0 Å². The van der Waals surface area contributed by atoms with Gasteiger partial charge in [-0.15, -0.1) is 0 Å². The minimum atomic E-state index is -4.66. The van der Waals surface area contributed by atoms with E-state index in [1.807, 2.05) is 0 Å². The first-order valence-electron chi connectivity index (χ1n) is 7.43. The number of benzene rings is 1. The van der Waals surface area contributed by atoms with E-state index in [0.717, 1.165) is 36.4 Å². The molecular weight excluding hydrogens is 394 g/mol. The van der Waals surface area contributed by atoms with Crippen LogP contribution in [0.5, 0.6) is 0 Å². The summed E-state index contributed by atoms with van der Waals surface area (Å²) in [6, 6.07) is 8.16. The zero-order valence-electron chi connectivity index (χ0n) is 13.2. The lowest BCUT2D eigenvalue weighted by Gasteiger charge is -2.13. The Balaban J connectivity index is 2.13. The number of halogens is 7. The number of aromatic nitrogens is 2. The highest BCUT2D eigenvalue weighted by Crippen LogP contribution is 2.36. The molecule has 9 heteroatoms. The first-order valence-corrected chi connectivity index (χ1v) is 7.81. The van der Waals surface area contributed by atoms with Gasteiger partial charge in [0, 0.05) is 17.3 Å². The molecule has 0 N–H and O–H groups in total. The maximum atomic E-state index is 13.3. The van der Waals surface area contributed by atoms with Crippen molar-refractivity contribution in [3.05, 3.63) is 71.0 Å². The largest absolute Gasteiger partial charge is 0.416 e. The highest BCUT2D eigenvalue weighted by Gasteiger charge is 2.32. The van der Waals surface area contributed by atoms with Crippen LogP contribution in [0.2, 0.25) is 5.15 Å². The molecule has 2 nitrogen and oxygen atoms in total. The van der Waals surface area contributed by atoms with E-state index in [4.69, 9.17) is 11.6 Å². The van der Waals surface area contributed by atoms with Crippen LogP contribution < -0.4 is 0 Å². The lowest BCUT2D eigenvalue weighted by atomic mass is 10.0. The normalized spacial score (nSPS) is 12.3. The molecule has 140 valence electrons. The molecule has 0 saturated carbocycles. The van der Waals surface area contributed by atoms with Crippen LogP contribution in [0, 0.1) is 0 Å². The van der Waals surface area contributed by atoms with Crippen molar-refractivity contribution in [2.45, 2.75) is 12.4 Å². The first kappa shape index (κ1) is 19.2. The molecule has 0 bridgehead atoms. The first-order chi connectivity index (χ1) is 12.5.